The molecule has 5 heteroatoms. The van der Waals surface area contributed by atoms with Gasteiger partial charge in [0.15, 0.2) is 0 Å². The third-order valence-corrected chi connectivity index (χ3v) is 6.62. The Labute approximate surface area is 161 Å². The van der Waals surface area contributed by atoms with Gasteiger partial charge in [-0.25, -0.2) is 0 Å². The van der Waals surface area contributed by atoms with Crippen LogP contribution in [0.15, 0.2) is 30.6 Å². The molecule has 1 aromatic carbocycles. The van der Waals surface area contributed by atoms with E-state index in [0.717, 1.165) is 31.0 Å². The molecule has 1 aromatic heterocycles. The van der Waals surface area contributed by atoms with Crippen LogP contribution in [0.3, 0.4) is 0 Å². The van der Waals surface area contributed by atoms with Gasteiger partial charge in [0.1, 0.15) is 12.2 Å². The van der Waals surface area contributed by atoms with Gasteiger partial charge in [-0.1, -0.05) is 49.1 Å². The predicted molar refractivity (Wildman–Crippen MR) is 105 cm³/mol. The van der Waals surface area contributed by atoms with Gasteiger partial charge in [-0.3, -0.25) is 4.79 Å². The van der Waals surface area contributed by atoms with Crippen LogP contribution in [-0.2, 0) is 17.8 Å². The van der Waals surface area contributed by atoms with Crippen molar-refractivity contribution in [3.8, 4) is 0 Å². The molecule has 0 radical (unpaired) electrons. The Bertz CT molecular complexity index is 789. The SMILES string of the molecule is CCn1cnnc1C1CN(C(=O)Cc2ccc(C)cc2)CC12CCCCC2. The van der Waals surface area contributed by atoms with Crippen LogP contribution in [0.4, 0.5) is 0 Å². The Morgan fingerprint density at radius 3 is 2.63 bits per heavy atom. The van der Waals surface area contributed by atoms with E-state index in [0.29, 0.717) is 12.3 Å². The van der Waals surface area contributed by atoms with E-state index < -0.39 is 0 Å². The molecule has 1 saturated carbocycles. The van der Waals surface area contributed by atoms with E-state index in [2.05, 4.69) is 57.8 Å². The van der Waals surface area contributed by atoms with Gasteiger partial charge in [-0.05, 0) is 37.7 Å². The van der Waals surface area contributed by atoms with E-state index in [1.807, 2.05) is 6.33 Å². The number of nitrogens with zero attached hydrogens (tertiary/aromatic N) is 4. The van der Waals surface area contributed by atoms with Gasteiger partial charge in [-0.2, -0.15) is 0 Å². The minimum Gasteiger partial charge on any atom is -0.341 e. The number of likely N-dealkylation sites (tertiary alicyclic amines) is 1. The fourth-order valence-corrected chi connectivity index (χ4v) is 5.05. The first kappa shape index (κ1) is 18.2. The molecule has 2 heterocycles. The Balaban J connectivity index is 1.56. The van der Waals surface area contributed by atoms with Crippen molar-refractivity contribution >= 4 is 5.91 Å². The molecule has 2 fully saturated rings. The maximum Gasteiger partial charge on any atom is 0.227 e. The van der Waals surface area contributed by atoms with Gasteiger partial charge in [0.2, 0.25) is 5.91 Å². The van der Waals surface area contributed by atoms with E-state index in [1.54, 1.807) is 0 Å². The lowest BCUT2D eigenvalue weighted by Crippen LogP contribution is -2.35. The lowest BCUT2D eigenvalue weighted by Gasteiger charge is -2.37. The van der Waals surface area contributed by atoms with Gasteiger partial charge in [0.25, 0.3) is 0 Å². The number of hydrogen-bond donors (Lipinski definition) is 0. The average molecular weight is 367 g/mol. The molecule has 0 N–H and O–H groups in total. The maximum absolute atomic E-state index is 13.1. The van der Waals surface area contributed by atoms with Gasteiger partial charge >= 0.3 is 0 Å². The van der Waals surface area contributed by atoms with Crippen LogP contribution in [0.25, 0.3) is 0 Å². The molecule has 2 aromatic rings. The molecule has 0 bridgehead atoms. The third kappa shape index (κ3) is 3.52. The fraction of sp³-hybridized carbons (Fsp3) is 0.591. The van der Waals surface area contributed by atoms with Gasteiger partial charge < -0.3 is 9.47 Å². The first-order chi connectivity index (χ1) is 13.1. The minimum absolute atomic E-state index is 0.182. The van der Waals surface area contributed by atoms with E-state index in [-0.39, 0.29) is 11.3 Å². The Morgan fingerprint density at radius 1 is 1.19 bits per heavy atom. The topological polar surface area (TPSA) is 51.0 Å². The zero-order valence-corrected chi connectivity index (χ0v) is 16.5. The highest BCUT2D eigenvalue weighted by Gasteiger charge is 2.50. The molecule has 144 valence electrons. The highest BCUT2D eigenvalue weighted by molar-refractivity contribution is 5.79. The quantitative estimate of drug-likeness (QED) is 0.828. The summed E-state index contributed by atoms with van der Waals surface area (Å²) >= 11 is 0. The van der Waals surface area contributed by atoms with Crippen LogP contribution in [0.5, 0.6) is 0 Å². The summed E-state index contributed by atoms with van der Waals surface area (Å²) in [7, 11) is 0. The van der Waals surface area contributed by atoms with Crippen LogP contribution >= 0.6 is 0 Å². The highest BCUT2D eigenvalue weighted by Crippen LogP contribution is 2.51. The third-order valence-electron chi connectivity index (χ3n) is 6.62. The maximum atomic E-state index is 13.1. The predicted octanol–water partition coefficient (Wildman–Crippen LogP) is 3.73. The Kier molecular flexibility index (Phi) is 5.02. The summed E-state index contributed by atoms with van der Waals surface area (Å²) in [5, 5.41) is 8.65. The lowest BCUT2D eigenvalue weighted by molar-refractivity contribution is -0.129. The van der Waals surface area contributed by atoms with Crippen molar-refractivity contribution < 1.29 is 4.79 Å². The molecule has 1 saturated heterocycles. The van der Waals surface area contributed by atoms with Crippen molar-refractivity contribution in [1.82, 2.24) is 19.7 Å². The second kappa shape index (κ2) is 7.45. The van der Waals surface area contributed by atoms with Crippen molar-refractivity contribution in [3.63, 3.8) is 0 Å². The number of aryl methyl sites for hydroxylation is 2. The number of amides is 1. The largest absolute Gasteiger partial charge is 0.341 e. The first-order valence-corrected chi connectivity index (χ1v) is 10.3. The summed E-state index contributed by atoms with van der Waals surface area (Å²) in [5.74, 6) is 1.63. The van der Waals surface area contributed by atoms with E-state index >= 15 is 0 Å². The van der Waals surface area contributed by atoms with Crippen LogP contribution in [0.2, 0.25) is 0 Å². The zero-order valence-electron chi connectivity index (χ0n) is 16.5. The summed E-state index contributed by atoms with van der Waals surface area (Å²) in [6, 6.07) is 8.32. The molecule has 2 aliphatic rings. The van der Waals surface area contributed by atoms with Crippen LogP contribution in [-0.4, -0.2) is 38.7 Å². The summed E-state index contributed by atoms with van der Waals surface area (Å²) in [5.41, 5.74) is 2.51. The van der Waals surface area contributed by atoms with Crippen LogP contribution in [0, 0.1) is 12.3 Å². The van der Waals surface area contributed by atoms with Gasteiger partial charge in [0, 0.05) is 25.6 Å². The lowest BCUT2D eigenvalue weighted by atomic mass is 9.67. The molecule has 1 aliphatic heterocycles. The van der Waals surface area contributed by atoms with Crippen molar-refractivity contribution in [2.45, 2.75) is 64.8 Å². The Morgan fingerprint density at radius 2 is 1.93 bits per heavy atom. The van der Waals surface area contributed by atoms with Crippen LogP contribution < -0.4 is 0 Å². The van der Waals surface area contributed by atoms with E-state index in [9.17, 15) is 4.79 Å². The minimum atomic E-state index is 0.182. The summed E-state index contributed by atoms with van der Waals surface area (Å²) in [6.45, 7) is 6.75. The molecule has 5 nitrogen and oxygen atoms in total. The van der Waals surface area contributed by atoms with Crippen molar-refractivity contribution in [2.75, 3.05) is 13.1 Å². The second-order valence-corrected chi connectivity index (χ2v) is 8.39. The highest BCUT2D eigenvalue weighted by atomic mass is 16.2. The Hall–Kier alpha value is -2.17. The number of aromatic nitrogens is 3. The molecule has 1 amide bonds. The number of hydrogen-bond acceptors (Lipinski definition) is 3. The van der Waals surface area contributed by atoms with Crippen molar-refractivity contribution in [3.05, 3.63) is 47.5 Å². The number of rotatable bonds is 4. The molecule has 27 heavy (non-hydrogen) atoms. The molecule has 1 spiro atoms. The normalized spacial score (nSPS) is 21.7. The molecule has 1 aliphatic carbocycles. The second-order valence-electron chi connectivity index (χ2n) is 8.39. The number of carbonyl (C=O) groups excluding carboxylic acids is 1. The molecule has 1 unspecified atom stereocenters. The molecule has 4 rings (SSSR count). The zero-order chi connectivity index (χ0) is 18.9. The van der Waals surface area contributed by atoms with Crippen molar-refractivity contribution in [2.24, 2.45) is 5.41 Å². The summed E-state index contributed by atoms with van der Waals surface area (Å²) in [6.07, 6.45) is 8.55. The standard InChI is InChI=1S/C22H30N4O/c1-3-25-16-23-24-21(25)19-14-26(15-22(19)11-5-4-6-12-22)20(27)13-18-9-7-17(2)8-10-18/h7-10,16,19H,3-6,11-15H2,1-2H3. The van der Waals surface area contributed by atoms with Crippen molar-refractivity contribution in [1.29, 1.82) is 0 Å². The number of carbonyl (C=O) groups is 1. The molecular formula is C22H30N4O. The first-order valence-electron chi connectivity index (χ1n) is 10.3. The van der Waals surface area contributed by atoms with E-state index in [1.165, 1.54) is 37.7 Å². The smallest absolute Gasteiger partial charge is 0.227 e. The van der Waals surface area contributed by atoms with Gasteiger partial charge in [0.05, 0.1) is 6.42 Å². The summed E-state index contributed by atoms with van der Waals surface area (Å²) in [4.78, 5) is 15.2. The van der Waals surface area contributed by atoms with E-state index in [4.69, 9.17) is 0 Å². The van der Waals surface area contributed by atoms with Crippen LogP contribution in [0.1, 0.15) is 61.9 Å². The molecular weight excluding hydrogens is 336 g/mol. The van der Waals surface area contributed by atoms with Gasteiger partial charge in [-0.15, -0.1) is 10.2 Å². The average Bonchev–Trinajstić information content (AvgIpc) is 3.28. The summed E-state index contributed by atoms with van der Waals surface area (Å²) < 4.78 is 2.16. The number of benzene rings is 1. The molecule has 1 atom stereocenters. The monoisotopic (exact) mass is 366 g/mol. The fourth-order valence-electron chi connectivity index (χ4n) is 5.05.